The molecule has 0 aliphatic carbocycles. The highest BCUT2D eigenvalue weighted by Crippen LogP contribution is 2.27. The van der Waals surface area contributed by atoms with Gasteiger partial charge >= 0.3 is 6.09 Å². The quantitative estimate of drug-likeness (QED) is 0.927. The minimum atomic E-state index is -0.913. The third-order valence-electron chi connectivity index (χ3n) is 4.27. The van der Waals surface area contributed by atoms with Crippen molar-refractivity contribution in [1.82, 2.24) is 9.47 Å². The first kappa shape index (κ1) is 14.6. The van der Waals surface area contributed by atoms with Crippen LogP contribution in [0, 0.1) is 5.82 Å². The summed E-state index contributed by atoms with van der Waals surface area (Å²) in [6.45, 7) is 1.97. The summed E-state index contributed by atoms with van der Waals surface area (Å²) < 4.78 is 14.9. The van der Waals surface area contributed by atoms with E-state index in [2.05, 4.69) is 0 Å². The second kappa shape index (κ2) is 5.44. The summed E-state index contributed by atoms with van der Waals surface area (Å²) in [7, 11) is 0. The topological polar surface area (TPSA) is 62.5 Å². The third-order valence-corrected chi connectivity index (χ3v) is 4.27. The zero-order valence-electron chi connectivity index (χ0n) is 12.3. The number of carboxylic acid groups (broad SMARTS) is 1. The predicted molar refractivity (Wildman–Crippen MR) is 79.7 cm³/mol. The molecule has 1 aliphatic rings. The number of rotatable bonds is 2. The largest absolute Gasteiger partial charge is 0.465 e. The van der Waals surface area contributed by atoms with E-state index in [9.17, 15) is 19.1 Å². The average Bonchev–Trinajstić information content (AvgIpc) is 3.04. The minimum Gasteiger partial charge on any atom is -0.465 e. The molecule has 22 heavy (non-hydrogen) atoms. The van der Waals surface area contributed by atoms with E-state index in [1.807, 2.05) is 0 Å². The van der Waals surface area contributed by atoms with Crippen LogP contribution in [0.3, 0.4) is 0 Å². The van der Waals surface area contributed by atoms with E-state index in [0.29, 0.717) is 18.5 Å². The Morgan fingerprint density at radius 3 is 2.86 bits per heavy atom. The van der Waals surface area contributed by atoms with E-state index in [1.165, 1.54) is 28.5 Å². The third kappa shape index (κ3) is 2.45. The number of amides is 1. The molecule has 1 aromatic carbocycles. The zero-order chi connectivity index (χ0) is 15.9. The maximum Gasteiger partial charge on any atom is 0.407 e. The van der Waals surface area contributed by atoms with Crippen molar-refractivity contribution in [3.05, 3.63) is 35.8 Å². The summed E-state index contributed by atoms with van der Waals surface area (Å²) >= 11 is 0. The molecule has 0 saturated carbocycles. The summed E-state index contributed by atoms with van der Waals surface area (Å²) in [4.78, 5) is 24.4. The number of fused-ring (bicyclic) bond motifs is 1. The normalized spacial score (nSPS) is 18.1. The summed E-state index contributed by atoms with van der Waals surface area (Å²) in [6, 6.07) is 4.26. The van der Waals surface area contributed by atoms with E-state index in [0.717, 1.165) is 23.8 Å². The zero-order valence-corrected chi connectivity index (χ0v) is 12.3. The van der Waals surface area contributed by atoms with Crippen molar-refractivity contribution in [1.29, 1.82) is 0 Å². The maximum atomic E-state index is 13.5. The van der Waals surface area contributed by atoms with Gasteiger partial charge in [-0.3, -0.25) is 9.36 Å². The molecular weight excluding hydrogens is 287 g/mol. The van der Waals surface area contributed by atoms with Gasteiger partial charge in [0.05, 0.1) is 5.52 Å². The Labute approximate surface area is 126 Å². The molecule has 1 unspecified atom stereocenters. The van der Waals surface area contributed by atoms with Crippen molar-refractivity contribution < 1.29 is 19.1 Å². The predicted octanol–water partition coefficient (Wildman–Crippen LogP) is 3.13. The lowest BCUT2D eigenvalue weighted by Gasteiger charge is -2.21. The summed E-state index contributed by atoms with van der Waals surface area (Å²) in [5.41, 5.74) is 1.41. The van der Waals surface area contributed by atoms with Gasteiger partial charge in [0.2, 0.25) is 5.91 Å². The van der Waals surface area contributed by atoms with Gasteiger partial charge in [-0.15, -0.1) is 0 Å². The average molecular weight is 304 g/mol. The molecule has 0 bridgehead atoms. The van der Waals surface area contributed by atoms with Crippen molar-refractivity contribution in [2.75, 3.05) is 6.54 Å². The molecule has 2 aromatic rings. The van der Waals surface area contributed by atoms with Crippen molar-refractivity contribution >= 4 is 22.9 Å². The number of carbonyl (C=O) groups excluding carboxylic acids is 1. The van der Waals surface area contributed by atoms with Crippen LogP contribution in [0.25, 0.3) is 10.9 Å². The van der Waals surface area contributed by atoms with E-state index < -0.39 is 11.9 Å². The summed E-state index contributed by atoms with van der Waals surface area (Å²) in [6.07, 6.45) is 2.97. The van der Waals surface area contributed by atoms with Crippen molar-refractivity contribution in [3.63, 3.8) is 0 Å². The van der Waals surface area contributed by atoms with E-state index in [1.54, 1.807) is 12.3 Å². The van der Waals surface area contributed by atoms with E-state index in [-0.39, 0.29) is 11.9 Å². The number of carbonyl (C=O) groups is 2. The van der Waals surface area contributed by atoms with Crippen LogP contribution < -0.4 is 0 Å². The van der Waals surface area contributed by atoms with Crippen LogP contribution >= 0.6 is 0 Å². The summed E-state index contributed by atoms with van der Waals surface area (Å²) in [5, 5.41) is 10.0. The smallest absolute Gasteiger partial charge is 0.407 e. The number of hydrogen-bond donors (Lipinski definition) is 1. The van der Waals surface area contributed by atoms with Crippen molar-refractivity contribution in [2.24, 2.45) is 0 Å². The molecule has 0 spiro atoms. The monoisotopic (exact) mass is 304 g/mol. The van der Waals surface area contributed by atoms with Gasteiger partial charge in [0.25, 0.3) is 0 Å². The maximum absolute atomic E-state index is 13.5. The minimum absolute atomic E-state index is 0.0893. The Bertz CT molecular complexity index is 753. The van der Waals surface area contributed by atoms with Gasteiger partial charge < -0.3 is 10.0 Å². The molecule has 1 aromatic heterocycles. The van der Waals surface area contributed by atoms with Gasteiger partial charge in [0.1, 0.15) is 5.82 Å². The van der Waals surface area contributed by atoms with Crippen LogP contribution in [0.15, 0.2) is 24.4 Å². The van der Waals surface area contributed by atoms with Gasteiger partial charge in [-0.1, -0.05) is 0 Å². The van der Waals surface area contributed by atoms with Crippen LogP contribution in [0.5, 0.6) is 0 Å². The second-order valence-electron chi connectivity index (χ2n) is 5.68. The molecule has 6 heteroatoms. The Morgan fingerprint density at radius 1 is 1.41 bits per heavy atom. The molecular formula is C16H17FN2O3. The Balaban J connectivity index is 2.00. The number of hydrogen-bond acceptors (Lipinski definition) is 2. The highest BCUT2D eigenvalue weighted by molar-refractivity contribution is 5.93. The number of aromatic nitrogens is 1. The van der Waals surface area contributed by atoms with Gasteiger partial charge in [-0.05, 0) is 43.0 Å². The Kier molecular flexibility index (Phi) is 3.60. The molecule has 1 aliphatic heterocycles. The van der Waals surface area contributed by atoms with Crippen LogP contribution in [0.4, 0.5) is 9.18 Å². The fourth-order valence-corrected chi connectivity index (χ4v) is 3.25. The number of nitrogens with zero attached hydrogens (tertiary/aromatic N) is 2. The molecule has 1 saturated heterocycles. The molecule has 3 rings (SSSR count). The molecule has 1 amide bonds. The lowest BCUT2D eigenvalue weighted by Crippen LogP contribution is -2.35. The highest BCUT2D eigenvalue weighted by Gasteiger charge is 2.29. The van der Waals surface area contributed by atoms with Gasteiger partial charge in [-0.25, -0.2) is 9.18 Å². The fraction of sp³-hybridized carbons (Fsp3) is 0.375. The van der Waals surface area contributed by atoms with E-state index in [4.69, 9.17) is 0 Å². The highest BCUT2D eigenvalue weighted by atomic mass is 19.1. The van der Waals surface area contributed by atoms with Gasteiger partial charge in [0.15, 0.2) is 0 Å². The standard InChI is InChI=1S/C16H17FN2O3/c1-10(20)19-9-11(14-5-4-12(17)8-15(14)19)7-13-3-2-6-18(13)16(21)22/h4-5,8-9,13H,2-3,6-7H2,1H3,(H,21,22). The molecule has 1 fully saturated rings. The molecule has 116 valence electrons. The number of benzene rings is 1. The van der Waals surface area contributed by atoms with Gasteiger partial charge in [-0.2, -0.15) is 0 Å². The van der Waals surface area contributed by atoms with Gasteiger partial charge in [0, 0.05) is 31.1 Å². The summed E-state index contributed by atoms with van der Waals surface area (Å²) in [5.74, 6) is -0.587. The fourth-order valence-electron chi connectivity index (χ4n) is 3.25. The molecule has 0 radical (unpaired) electrons. The van der Waals surface area contributed by atoms with E-state index >= 15 is 0 Å². The Morgan fingerprint density at radius 2 is 2.18 bits per heavy atom. The number of likely N-dealkylation sites (tertiary alicyclic amines) is 1. The lowest BCUT2D eigenvalue weighted by molar-refractivity contribution is 0.0941. The molecule has 1 atom stereocenters. The molecule has 1 N–H and O–H groups in total. The first-order valence-corrected chi connectivity index (χ1v) is 7.27. The van der Waals surface area contributed by atoms with Crippen molar-refractivity contribution in [2.45, 2.75) is 32.2 Å². The lowest BCUT2D eigenvalue weighted by atomic mass is 10.0. The first-order chi connectivity index (χ1) is 10.5. The molecule has 2 heterocycles. The van der Waals surface area contributed by atoms with Crippen LogP contribution in [-0.4, -0.2) is 39.2 Å². The number of halogens is 1. The van der Waals surface area contributed by atoms with Crippen LogP contribution in [0.2, 0.25) is 0 Å². The SMILES string of the molecule is CC(=O)n1cc(CC2CCCN2C(=O)O)c2ccc(F)cc21. The van der Waals surface area contributed by atoms with Crippen molar-refractivity contribution in [3.8, 4) is 0 Å². The second-order valence-corrected chi connectivity index (χ2v) is 5.68. The Hall–Kier alpha value is -2.37. The first-order valence-electron chi connectivity index (χ1n) is 7.27. The van der Waals surface area contributed by atoms with Crippen LogP contribution in [0.1, 0.15) is 30.1 Å². The molecule has 5 nitrogen and oxygen atoms in total. The van der Waals surface area contributed by atoms with Crippen LogP contribution in [-0.2, 0) is 6.42 Å².